The topological polar surface area (TPSA) is 94.1 Å². The first-order chi connectivity index (χ1) is 13.5. The molecule has 0 heterocycles. The minimum Gasteiger partial charge on any atom is -0.691 e. The Morgan fingerprint density at radius 3 is 2.28 bits per heavy atom. The molecule has 0 saturated carbocycles. The molecule has 0 amide bonds. The van der Waals surface area contributed by atoms with Crippen LogP contribution in [0.3, 0.4) is 0 Å². The molecule has 9 heteroatoms. The molecule has 2 unspecified atom stereocenters. The second-order valence-electron chi connectivity index (χ2n) is 7.29. The van der Waals surface area contributed by atoms with Crippen LogP contribution in [0.1, 0.15) is 85.5 Å². The zero-order valence-corrected chi connectivity index (χ0v) is 21.6. The Kier molecular flexibility index (Phi) is 21.7. The zero-order valence-electron chi connectivity index (χ0n) is 18.8. The summed E-state index contributed by atoms with van der Waals surface area (Å²) in [5.74, 6) is -0.513. The van der Waals surface area contributed by atoms with Gasteiger partial charge in [0.2, 0.25) is 0 Å². The van der Waals surface area contributed by atoms with Crippen molar-refractivity contribution in [3.05, 3.63) is 0 Å². The quantitative estimate of drug-likeness (QED) is 0.0776. The number of hydrogen-bond acceptors (Lipinski definition) is 8. The Balaban J connectivity index is 0. The van der Waals surface area contributed by atoms with Gasteiger partial charge < -0.3 is 14.7 Å². The van der Waals surface area contributed by atoms with Gasteiger partial charge in [0.05, 0.1) is 19.6 Å². The molecule has 166 valence electrons. The van der Waals surface area contributed by atoms with Gasteiger partial charge in [-0.05, 0) is 25.2 Å². The van der Waals surface area contributed by atoms with Crippen LogP contribution < -0.4 is 34.8 Å². The molecule has 29 heavy (non-hydrogen) atoms. The molecular weight excluding hydrogens is 407 g/mol. The summed E-state index contributed by atoms with van der Waals surface area (Å²) in [4.78, 5) is 24.3. The van der Waals surface area contributed by atoms with Gasteiger partial charge in [0, 0.05) is 17.5 Å². The maximum absolute atomic E-state index is 12.5. The van der Waals surface area contributed by atoms with Crippen LogP contribution in [0.25, 0.3) is 0 Å². The second kappa shape index (κ2) is 20.1. The standard InChI is InChI=1S/C20H38O7S.Na/c1-5-9-11-17(7-3)14-24-18(21)13-20(8-4,12-10-6-2)16-25-19(22)15-28-27-26-23;/h17,23H,5-16H2,1-4H3;/q;+1/p-1. The predicted molar refractivity (Wildman–Crippen MR) is 107 cm³/mol. The van der Waals surface area contributed by atoms with Gasteiger partial charge in [-0.3, -0.25) is 14.6 Å². The Labute approximate surface area is 202 Å². The SMILES string of the molecule is CCCCC(CC)COC(=O)CC(CC)(CCCC)COC(=O)CSOO[O-].[Na+]. The largest absolute Gasteiger partial charge is 1.00 e. The van der Waals surface area contributed by atoms with Crippen molar-refractivity contribution in [3.63, 3.8) is 0 Å². The average molecular weight is 445 g/mol. The van der Waals surface area contributed by atoms with E-state index in [4.69, 9.17) is 9.47 Å². The van der Waals surface area contributed by atoms with Crippen LogP contribution in [0, 0.1) is 11.3 Å². The molecule has 2 atom stereocenters. The molecule has 0 rings (SSSR count). The van der Waals surface area contributed by atoms with Gasteiger partial charge in [-0.15, -0.1) is 0 Å². The monoisotopic (exact) mass is 444 g/mol. The first-order valence-corrected chi connectivity index (χ1v) is 11.3. The van der Waals surface area contributed by atoms with E-state index in [2.05, 4.69) is 30.1 Å². The third-order valence-corrected chi connectivity index (χ3v) is 5.65. The molecule has 0 aliphatic carbocycles. The molecule has 7 nitrogen and oxygen atoms in total. The van der Waals surface area contributed by atoms with Crippen LogP contribution in [0.4, 0.5) is 0 Å². The van der Waals surface area contributed by atoms with Gasteiger partial charge in [0.25, 0.3) is 0 Å². The van der Waals surface area contributed by atoms with Crippen LogP contribution in [0.15, 0.2) is 0 Å². The summed E-state index contributed by atoms with van der Waals surface area (Å²) in [7, 11) is 0. The molecule has 0 aromatic carbocycles. The molecule has 0 bridgehead atoms. The molecular formula is C20H37NaO7S. The summed E-state index contributed by atoms with van der Waals surface area (Å²) >= 11 is 0.571. The first-order valence-electron chi connectivity index (χ1n) is 10.4. The number of rotatable bonds is 18. The number of carbonyl (C=O) groups is 2. The Hall–Kier alpha value is 0.170. The van der Waals surface area contributed by atoms with E-state index in [0.717, 1.165) is 44.9 Å². The van der Waals surface area contributed by atoms with Crippen molar-refractivity contribution in [1.82, 2.24) is 0 Å². The number of ether oxygens (including phenoxy) is 2. The maximum atomic E-state index is 12.5. The van der Waals surface area contributed by atoms with Crippen molar-refractivity contribution in [2.75, 3.05) is 19.0 Å². The third kappa shape index (κ3) is 15.6. The molecule has 0 fully saturated rings. The van der Waals surface area contributed by atoms with Crippen molar-refractivity contribution in [2.45, 2.75) is 85.5 Å². The molecule has 0 aliphatic heterocycles. The van der Waals surface area contributed by atoms with Crippen LogP contribution in [-0.4, -0.2) is 30.9 Å². The fourth-order valence-corrected chi connectivity index (χ4v) is 3.27. The molecule has 0 aromatic rings. The predicted octanol–water partition coefficient (Wildman–Crippen LogP) is 1.14. The first kappa shape index (κ1) is 31.4. The van der Waals surface area contributed by atoms with Crippen molar-refractivity contribution in [3.8, 4) is 0 Å². The van der Waals surface area contributed by atoms with Crippen LogP contribution in [-0.2, 0) is 28.4 Å². The van der Waals surface area contributed by atoms with E-state index >= 15 is 0 Å². The van der Waals surface area contributed by atoms with Gasteiger partial charge in [0.15, 0.2) is 0 Å². The van der Waals surface area contributed by atoms with Crippen molar-refractivity contribution >= 4 is 24.0 Å². The van der Waals surface area contributed by atoms with Crippen molar-refractivity contribution in [1.29, 1.82) is 0 Å². The summed E-state index contributed by atoms with van der Waals surface area (Å²) in [6.45, 7) is 8.94. The van der Waals surface area contributed by atoms with E-state index in [0.29, 0.717) is 31.0 Å². The summed E-state index contributed by atoms with van der Waals surface area (Å²) in [5.41, 5.74) is -0.436. The number of esters is 2. The van der Waals surface area contributed by atoms with Gasteiger partial charge >= 0.3 is 41.5 Å². The number of hydrogen-bond donors (Lipinski definition) is 0. The van der Waals surface area contributed by atoms with E-state index in [9.17, 15) is 14.8 Å². The van der Waals surface area contributed by atoms with Crippen LogP contribution in [0.2, 0.25) is 0 Å². The van der Waals surface area contributed by atoms with Crippen molar-refractivity contribution in [2.24, 2.45) is 11.3 Å². The Bertz CT molecular complexity index is 426. The summed E-state index contributed by atoms with van der Waals surface area (Å²) in [6, 6.07) is 0. The molecule has 0 aromatic heterocycles. The van der Waals surface area contributed by atoms with Gasteiger partial charge in [-0.1, -0.05) is 59.8 Å². The Morgan fingerprint density at radius 1 is 1.03 bits per heavy atom. The molecule has 0 radical (unpaired) electrons. The maximum Gasteiger partial charge on any atom is 1.00 e. The normalized spacial score (nSPS) is 13.8. The molecule has 0 aliphatic rings. The fraction of sp³-hybridized carbons (Fsp3) is 0.900. The van der Waals surface area contributed by atoms with E-state index in [-0.39, 0.29) is 54.3 Å². The van der Waals surface area contributed by atoms with Gasteiger partial charge in [0.1, 0.15) is 5.75 Å². The van der Waals surface area contributed by atoms with E-state index in [1.54, 1.807) is 0 Å². The van der Waals surface area contributed by atoms with Crippen LogP contribution >= 0.6 is 12.0 Å². The average Bonchev–Trinajstić information content (AvgIpc) is 2.70. The Morgan fingerprint density at radius 2 is 1.72 bits per heavy atom. The number of unbranched alkanes of at least 4 members (excludes halogenated alkanes) is 2. The second-order valence-corrected chi connectivity index (χ2v) is 7.95. The van der Waals surface area contributed by atoms with Gasteiger partial charge in [-0.2, -0.15) is 4.33 Å². The van der Waals surface area contributed by atoms with Gasteiger partial charge in [-0.25, -0.2) is 0 Å². The minimum atomic E-state index is -0.518. The summed E-state index contributed by atoms with van der Waals surface area (Å²) in [5, 5.41) is 12.9. The fourth-order valence-electron chi connectivity index (χ4n) is 3.00. The summed E-state index contributed by atoms with van der Waals surface area (Å²) < 4.78 is 15.0. The third-order valence-electron chi connectivity index (χ3n) is 5.15. The zero-order chi connectivity index (χ0) is 21.3. The number of carbonyl (C=O) groups excluding carboxylic acids is 2. The van der Waals surface area contributed by atoms with Crippen LogP contribution in [0.5, 0.6) is 0 Å². The molecule has 0 N–H and O–H groups in total. The smallest absolute Gasteiger partial charge is 0.691 e. The van der Waals surface area contributed by atoms with E-state index in [1.807, 2.05) is 6.92 Å². The van der Waals surface area contributed by atoms with Crippen molar-refractivity contribution < 1.29 is 63.2 Å². The molecule has 0 spiro atoms. The molecule has 0 saturated heterocycles. The minimum absolute atomic E-state index is 0. The summed E-state index contributed by atoms with van der Waals surface area (Å²) in [6.07, 6.45) is 7.98. The van der Waals surface area contributed by atoms with E-state index in [1.165, 1.54) is 0 Å². The van der Waals surface area contributed by atoms with E-state index < -0.39 is 11.4 Å².